The van der Waals surface area contributed by atoms with Crippen LogP contribution in [0.5, 0.6) is 0 Å². The highest BCUT2D eigenvalue weighted by atomic mass is 16.1. The van der Waals surface area contributed by atoms with Gasteiger partial charge in [0, 0.05) is 24.8 Å². The summed E-state index contributed by atoms with van der Waals surface area (Å²) in [5.41, 5.74) is 3.02. The van der Waals surface area contributed by atoms with Crippen molar-refractivity contribution < 1.29 is 4.79 Å². The zero-order chi connectivity index (χ0) is 13.5. The first-order valence-electron chi connectivity index (χ1n) is 6.39. The van der Waals surface area contributed by atoms with Crippen LogP contribution in [0.1, 0.15) is 15.9 Å². The average molecular weight is 254 g/mol. The summed E-state index contributed by atoms with van der Waals surface area (Å²) in [5.74, 6) is -0.0594. The second-order valence-corrected chi connectivity index (χ2v) is 4.32. The van der Waals surface area contributed by atoms with Crippen molar-refractivity contribution in [2.45, 2.75) is 6.42 Å². The van der Waals surface area contributed by atoms with Gasteiger partial charge in [-0.15, -0.1) is 0 Å². The molecule has 2 aromatic carbocycles. The Balaban J connectivity index is 1.85. The van der Waals surface area contributed by atoms with Crippen molar-refractivity contribution in [2.24, 2.45) is 0 Å². The summed E-state index contributed by atoms with van der Waals surface area (Å²) in [6.45, 7) is 0.878. The number of nitrogens with one attached hydrogen (secondary N) is 2. The van der Waals surface area contributed by atoms with Crippen LogP contribution in [0.4, 0.5) is 5.69 Å². The summed E-state index contributed by atoms with van der Waals surface area (Å²) in [6, 6.07) is 17.9. The molecule has 2 N–H and O–H groups in total. The van der Waals surface area contributed by atoms with Gasteiger partial charge in [-0.25, -0.2) is 0 Å². The van der Waals surface area contributed by atoms with E-state index < -0.39 is 0 Å². The second-order valence-electron chi connectivity index (χ2n) is 4.32. The van der Waals surface area contributed by atoms with Crippen LogP contribution in [-0.2, 0) is 6.42 Å². The molecule has 0 spiro atoms. The van der Waals surface area contributed by atoms with Crippen molar-refractivity contribution in [1.82, 2.24) is 5.32 Å². The topological polar surface area (TPSA) is 41.1 Å². The maximum absolute atomic E-state index is 11.4. The van der Waals surface area contributed by atoms with Crippen molar-refractivity contribution in [2.75, 3.05) is 18.9 Å². The summed E-state index contributed by atoms with van der Waals surface area (Å²) < 4.78 is 0. The SMILES string of the molecule is CNC(=O)c1ccc(NCCc2ccccc2)cc1. The van der Waals surface area contributed by atoms with Crippen LogP contribution in [-0.4, -0.2) is 19.5 Å². The van der Waals surface area contributed by atoms with Gasteiger partial charge in [0.2, 0.25) is 0 Å². The second kappa shape index (κ2) is 6.59. The van der Waals surface area contributed by atoms with Gasteiger partial charge in [0.25, 0.3) is 5.91 Å². The summed E-state index contributed by atoms with van der Waals surface area (Å²) in [5, 5.41) is 5.95. The molecule has 98 valence electrons. The maximum atomic E-state index is 11.4. The van der Waals surface area contributed by atoms with Gasteiger partial charge in [0.1, 0.15) is 0 Å². The number of benzene rings is 2. The molecule has 0 saturated carbocycles. The van der Waals surface area contributed by atoms with E-state index in [-0.39, 0.29) is 5.91 Å². The average Bonchev–Trinajstić information content (AvgIpc) is 2.48. The van der Waals surface area contributed by atoms with Gasteiger partial charge in [0.05, 0.1) is 0 Å². The van der Waals surface area contributed by atoms with E-state index >= 15 is 0 Å². The number of anilines is 1. The number of rotatable bonds is 5. The number of carbonyl (C=O) groups is 1. The third-order valence-corrected chi connectivity index (χ3v) is 2.96. The van der Waals surface area contributed by atoms with E-state index in [1.165, 1.54) is 5.56 Å². The van der Waals surface area contributed by atoms with Crippen LogP contribution < -0.4 is 10.6 Å². The van der Waals surface area contributed by atoms with Crippen molar-refractivity contribution in [1.29, 1.82) is 0 Å². The Hall–Kier alpha value is -2.29. The van der Waals surface area contributed by atoms with Gasteiger partial charge >= 0.3 is 0 Å². The molecule has 0 aromatic heterocycles. The smallest absolute Gasteiger partial charge is 0.251 e. The first-order valence-corrected chi connectivity index (χ1v) is 6.39. The molecule has 0 aliphatic heterocycles. The third kappa shape index (κ3) is 3.85. The van der Waals surface area contributed by atoms with Crippen LogP contribution in [0.3, 0.4) is 0 Å². The van der Waals surface area contributed by atoms with Gasteiger partial charge in [-0.1, -0.05) is 30.3 Å². The number of hydrogen-bond acceptors (Lipinski definition) is 2. The fraction of sp³-hybridized carbons (Fsp3) is 0.188. The quantitative estimate of drug-likeness (QED) is 0.861. The van der Waals surface area contributed by atoms with Crippen LogP contribution in [0.25, 0.3) is 0 Å². The minimum Gasteiger partial charge on any atom is -0.385 e. The third-order valence-electron chi connectivity index (χ3n) is 2.96. The lowest BCUT2D eigenvalue weighted by Crippen LogP contribution is -2.17. The lowest BCUT2D eigenvalue weighted by Gasteiger charge is -2.07. The molecule has 3 nitrogen and oxygen atoms in total. The number of amides is 1. The lowest BCUT2D eigenvalue weighted by molar-refractivity contribution is 0.0963. The number of hydrogen-bond donors (Lipinski definition) is 2. The van der Waals surface area contributed by atoms with Crippen molar-refractivity contribution >= 4 is 11.6 Å². The van der Waals surface area contributed by atoms with E-state index in [0.29, 0.717) is 5.56 Å². The van der Waals surface area contributed by atoms with Crippen LogP contribution in [0, 0.1) is 0 Å². The molecular formula is C16H18N2O. The Kier molecular flexibility index (Phi) is 4.56. The molecule has 2 rings (SSSR count). The fourth-order valence-corrected chi connectivity index (χ4v) is 1.88. The summed E-state index contributed by atoms with van der Waals surface area (Å²) >= 11 is 0. The highest BCUT2D eigenvalue weighted by molar-refractivity contribution is 5.94. The van der Waals surface area contributed by atoms with Crippen molar-refractivity contribution in [3.8, 4) is 0 Å². The van der Waals surface area contributed by atoms with Crippen molar-refractivity contribution in [3.05, 3.63) is 65.7 Å². The molecule has 0 unspecified atom stereocenters. The minimum atomic E-state index is -0.0594. The Morgan fingerprint density at radius 3 is 2.32 bits per heavy atom. The summed E-state index contributed by atoms with van der Waals surface area (Å²) in [7, 11) is 1.63. The van der Waals surface area contributed by atoms with E-state index in [1.807, 2.05) is 42.5 Å². The summed E-state index contributed by atoms with van der Waals surface area (Å²) in [4.78, 5) is 11.4. The standard InChI is InChI=1S/C16H18N2O/c1-17-16(19)14-7-9-15(10-8-14)18-12-11-13-5-3-2-4-6-13/h2-10,18H,11-12H2,1H3,(H,17,19). The molecule has 0 saturated heterocycles. The maximum Gasteiger partial charge on any atom is 0.251 e. The van der Waals surface area contributed by atoms with Gasteiger partial charge in [-0.05, 0) is 36.2 Å². The fourth-order valence-electron chi connectivity index (χ4n) is 1.88. The van der Waals surface area contributed by atoms with E-state index in [9.17, 15) is 4.79 Å². The Labute approximate surface area is 113 Å². The van der Waals surface area contributed by atoms with Crippen molar-refractivity contribution in [3.63, 3.8) is 0 Å². The predicted molar refractivity (Wildman–Crippen MR) is 78.5 cm³/mol. The highest BCUT2D eigenvalue weighted by Gasteiger charge is 2.01. The highest BCUT2D eigenvalue weighted by Crippen LogP contribution is 2.10. The lowest BCUT2D eigenvalue weighted by atomic mass is 10.1. The van der Waals surface area contributed by atoms with E-state index in [2.05, 4.69) is 22.8 Å². The van der Waals surface area contributed by atoms with Gasteiger partial charge < -0.3 is 10.6 Å². The molecule has 2 aromatic rings. The molecule has 0 atom stereocenters. The first kappa shape index (κ1) is 13.1. The molecule has 0 bridgehead atoms. The molecule has 0 fully saturated rings. The zero-order valence-electron chi connectivity index (χ0n) is 11.0. The van der Waals surface area contributed by atoms with E-state index in [0.717, 1.165) is 18.7 Å². The van der Waals surface area contributed by atoms with Crippen LogP contribution in [0.2, 0.25) is 0 Å². The first-order chi connectivity index (χ1) is 9.29. The molecular weight excluding hydrogens is 236 g/mol. The molecule has 0 aliphatic rings. The predicted octanol–water partition coefficient (Wildman–Crippen LogP) is 2.70. The van der Waals surface area contributed by atoms with Gasteiger partial charge in [-0.3, -0.25) is 4.79 Å². The molecule has 1 amide bonds. The normalized spacial score (nSPS) is 9.95. The molecule has 0 aliphatic carbocycles. The Bertz CT molecular complexity index is 520. The summed E-state index contributed by atoms with van der Waals surface area (Å²) in [6.07, 6.45) is 0.984. The van der Waals surface area contributed by atoms with E-state index in [4.69, 9.17) is 0 Å². The van der Waals surface area contributed by atoms with E-state index in [1.54, 1.807) is 7.05 Å². The minimum absolute atomic E-state index is 0.0594. The molecule has 3 heteroatoms. The van der Waals surface area contributed by atoms with Crippen LogP contribution >= 0.6 is 0 Å². The van der Waals surface area contributed by atoms with Crippen LogP contribution in [0.15, 0.2) is 54.6 Å². The number of carbonyl (C=O) groups excluding carboxylic acids is 1. The molecule has 0 heterocycles. The Morgan fingerprint density at radius 2 is 1.68 bits per heavy atom. The monoisotopic (exact) mass is 254 g/mol. The van der Waals surface area contributed by atoms with Gasteiger partial charge in [0.15, 0.2) is 0 Å². The Morgan fingerprint density at radius 1 is 1.00 bits per heavy atom. The zero-order valence-corrected chi connectivity index (χ0v) is 11.0. The van der Waals surface area contributed by atoms with Gasteiger partial charge in [-0.2, -0.15) is 0 Å². The molecule has 0 radical (unpaired) electrons. The molecule has 19 heavy (non-hydrogen) atoms. The largest absolute Gasteiger partial charge is 0.385 e.